The first-order valence-corrected chi connectivity index (χ1v) is 9.22. The first kappa shape index (κ1) is 15.2. The van der Waals surface area contributed by atoms with Crippen LogP contribution in [0.15, 0.2) is 18.5 Å². The average Bonchev–Trinajstić information content (AvgIpc) is 3.06. The van der Waals surface area contributed by atoms with Crippen LogP contribution in [0.5, 0.6) is 0 Å². The number of fused-ring (bicyclic) bond motifs is 1. The maximum absolute atomic E-state index is 11.9. The Kier molecular flexibility index (Phi) is 3.17. The number of pyridine rings is 1. The molecule has 5 N–H and O–H groups in total. The molecule has 4 saturated carbocycles. The van der Waals surface area contributed by atoms with Crippen LogP contribution >= 0.6 is 0 Å². The van der Waals surface area contributed by atoms with Crippen molar-refractivity contribution < 1.29 is 9.90 Å². The predicted octanol–water partition coefficient (Wildman–Crippen LogP) is 2.26. The molecule has 0 saturated heterocycles. The number of aromatic nitrogens is 2. The molecule has 6 heteroatoms. The van der Waals surface area contributed by atoms with Crippen LogP contribution in [0, 0.1) is 23.2 Å². The topological polar surface area (TPSA) is 104 Å². The fourth-order valence-corrected chi connectivity index (χ4v) is 6.14. The average molecular weight is 340 g/mol. The highest BCUT2D eigenvalue weighted by molar-refractivity contribution is 6.06. The van der Waals surface area contributed by atoms with Gasteiger partial charge in [0.25, 0.3) is 5.91 Å². The van der Waals surface area contributed by atoms with Gasteiger partial charge in [0.15, 0.2) is 0 Å². The van der Waals surface area contributed by atoms with Gasteiger partial charge in [0, 0.05) is 30.4 Å². The van der Waals surface area contributed by atoms with Gasteiger partial charge in [0.2, 0.25) is 0 Å². The number of aromatic amines is 1. The third kappa shape index (κ3) is 2.20. The van der Waals surface area contributed by atoms with Crippen LogP contribution in [0.4, 0.5) is 5.69 Å². The van der Waals surface area contributed by atoms with Gasteiger partial charge in [-0.3, -0.25) is 4.79 Å². The summed E-state index contributed by atoms with van der Waals surface area (Å²) in [6.07, 6.45) is 9.21. The number of amides is 1. The standard InChI is InChI=1S/C19H24N4O2/c20-17(25)14-8-22-18-13(1-2-21-18)16(14)23-15-11-3-10-4-12(15)7-19(5-10,6-11)9-24/h1-2,8,10-12,15,24H,3-7,9H2,(H2,20,25)(H2,21,22,23). The summed E-state index contributed by atoms with van der Waals surface area (Å²) in [4.78, 5) is 19.3. The third-order valence-corrected chi connectivity index (χ3v) is 6.90. The lowest BCUT2D eigenvalue weighted by Gasteiger charge is -2.60. The number of hydrogen-bond acceptors (Lipinski definition) is 4. The zero-order chi connectivity index (χ0) is 17.2. The van der Waals surface area contributed by atoms with E-state index < -0.39 is 5.91 Å². The number of rotatable bonds is 4. The highest BCUT2D eigenvalue weighted by Gasteiger charge is 2.55. The number of carbonyl (C=O) groups is 1. The van der Waals surface area contributed by atoms with Crippen LogP contribution < -0.4 is 11.1 Å². The van der Waals surface area contributed by atoms with Crippen LogP contribution in [-0.4, -0.2) is 33.6 Å². The van der Waals surface area contributed by atoms with Gasteiger partial charge in [-0.25, -0.2) is 4.98 Å². The SMILES string of the molecule is NC(=O)c1cnc2[nH]ccc2c1NC1C2CC3CC1CC(CO)(C3)C2. The van der Waals surface area contributed by atoms with Crippen molar-refractivity contribution >= 4 is 22.6 Å². The third-order valence-electron chi connectivity index (χ3n) is 6.90. The Labute approximate surface area is 146 Å². The lowest BCUT2D eigenvalue weighted by Crippen LogP contribution is -2.57. The van der Waals surface area contributed by atoms with E-state index in [4.69, 9.17) is 5.73 Å². The molecule has 2 heterocycles. The first-order chi connectivity index (χ1) is 12.1. The molecule has 4 aliphatic carbocycles. The second kappa shape index (κ2) is 5.21. The Balaban J connectivity index is 1.52. The van der Waals surface area contributed by atoms with Crippen molar-refractivity contribution in [1.29, 1.82) is 0 Å². The number of primary amides is 1. The van der Waals surface area contributed by atoms with Crippen molar-refractivity contribution in [3.63, 3.8) is 0 Å². The van der Waals surface area contributed by atoms with Crippen molar-refractivity contribution in [1.82, 2.24) is 9.97 Å². The van der Waals surface area contributed by atoms with E-state index in [1.54, 1.807) is 6.20 Å². The van der Waals surface area contributed by atoms with Crippen LogP contribution in [0.25, 0.3) is 11.0 Å². The molecule has 1 amide bonds. The van der Waals surface area contributed by atoms with Crippen LogP contribution in [0.2, 0.25) is 0 Å². The molecule has 4 fully saturated rings. The number of nitrogens with one attached hydrogen (secondary N) is 2. The molecule has 2 aromatic rings. The largest absolute Gasteiger partial charge is 0.396 e. The molecule has 0 aromatic carbocycles. The minimum absolute atomic E-state index is 0.142. The van der Waals surface area contributed by atoms with E-state index in [9.17, 15) is 9.90 Å². The fraction of sp³-hybridized carbons (Fsp3) is 0.579. The van der Waals surface area contributed by atoms with Gasteiger partial charge in [-0.1, -0.05) is 0 Å². The number of nitrogens with zero attached hydrogens (tertiary/aromatic N) is 1. The Bertz CT molecular complexity index is 829. The predicted molar refractivity (Wildman–Crippen MR) is 95.1 cm³/mol. The second-order valence-corrected chi connectivity index (χ2v) is 8.45. The highest BCUT2D eigenvalue weighted by atomic mass is 16.3. The van der Waals surface area contributed by atoms with Crippen molar-refractivity contribution in [2.75, 3.05) is 11.9 Å². The Hall–Kier alpha value is -2.08. The number of aliphatic hydroxyl groups is 1. The van der Waals surface area contributed by atoms with Crippen LogP contribution in [0.1, 0.15) is 42.5 Å². The number of anilines is 1. The molecular weight excluding hydrogens is 316 g/mol. The number of H-pyrrole nitrogens is 1. The summed E-state index contributed by atoms with van der Waals surface area (Å²) < 4.78 is 0. The molecule has 132 valence electrons. The Morgan fingerprint density at radius 3 is 2.80 bits per heavy atom. The van der Waals surface area contributed by atoms with Gasteiger partial charge in [0.1, 0.15) is 5.65 Å². The van der Waals surface area contributed by atoms with E-state index >= 15 is 0 Å². The summed E-state index contributed by atoms with van der Waals surface area (Å²) in [5.74, 6) is 1.42. The molecule has 25 heavy (non-hydrogen) atoms. The summed E-state index contributed by atoms with van der Waals surface area (Å²) in [6, 6.07) is 2.29. The molecule has 0 radical (unpaired) electrons. The first-order valence-electron chi connectivity index (χ1n) is 9.22. The molecule has 6 nitrogen and oxygen atoms in total. The van der Waals surface area contributed by atoms with Gasteiger partial charge < -0.3 is 21.1 Å². The van der Waals surface area contributed by atoms with Crippen molar-refractivity contribution in [2.24, 2.45) is 28.9 Å². The minimum Gasteiger partial charge on any atom is -0.396 e. The molecule has 0 spiro atoms. The highest BCUT2D eigenvalue weighted by Crippen LogP contribution is 2.60. The fourth-order valence-electron chi connectivity index (χ4n) is 6.14. The van der Waals surface area contributed by atoms with Crippen molar-refractivity contribution in [3.8, 4) is 0 Å². The summed E-state index contributed by atoms with van der Waals surface area (Å²) in [6.45, 7) is 0.313. The van der Waals surface area contributed by atoms with E-state index in [0.717, 1.165) is 35.5 Å². The quantitative estimate of drug-likeness (QED) is 0.685. The van der Waals surface area contributed by atoms with E-state index in [0.29, 0.717) is 30.0 Å². The summed E-state index contributed by atoms with van der Waals surface area (Å²) in [5, 5.41) is 14.6. The number of aliphatic hydroxyl groups excluding tert-OH is 1. The lowest BCUT2D eigenvalue weighted by atomic mass is 9.48. The van der Waals surface area contributed by atoms with Gasteiger partial charge in [-0.15, -0.1) is 0 Å². The number of nitrogens with two attached hydrogens (primary N) is 1. The Morgan fingerprint density at radius 1 is 1.36 bits per heavy atom. The van der Waals surface area contributed by atoms with E-state index in [1.165, 1.54) is 19.3 Å². The van der Waals surface area contributed by atoms with E-state index in [1.807, 2.05) is 12.3 Å². The minimum atomic E-state index is -0.450. The molecule has 2 unspecified atom stereocenters. The maximum Gasteiger partial charge on any atom is 0.252 e. The van der Waals surface area contributed by atoms with E-state index in [2.05, 4.69) is 15.3 Å². The molecule has 6 rings (SSSR count). The normalized spacial score (nSPS) is 36.0. The zero-order valence-corrected chi connectivity index (χ0v) is 14.2. The molecule has 4 aliphatic rings. The molecule has 2 atom stereocenters. The smallest absolute Gasteiger partial charge is 0.252 e. The van der Waals surface area contributed by atoms with Crippen molar-refractivity contribution in [2.45, 2.75) is 38.1 Å². The molecule has 2 aromatic heterocycles. The molecule has 0 aliphatic heterocycles. The van der Waals surface area contributed by atoms with Crippen molar-refractivity contribution in [3.05, 3.63) is 24.0 Å². The lowest BCUT2D eigenvalue weighted by molar-refractivity contribution is -0.0868. The second-order valence-electron chi connectivity index (χ2n) is 8.45. The summed E-state index contributed by atoms with van der Waals surface area (Å²) >= 11 is 0. The number of hydrogen-bond donors (Lipinski definition) is 4. The van der Waals surface area contributed by atoms with Crippen LogP contribution in [0.3, 0.4) is 0 Å². The monoisotopic (exact) mass is 340 g/mol. The maximum atomic E-state index is 11.9. The van der Waals surface area contributed by atoms with Gasteiger partial charge in [-0.05, 0) is 61.3 Å². The van der Waals surface area contributed by atoms with Gasteiger partial charge in [0.05, 0.1) is 11.3 Å². The summed E-state index contributed by atoms with van der Waals surface area (Å²) in [5.41, 5.74) is 7.78. The summed E-state index contributed by atoms with van der Waals surface area (Å²) in [7, 11) is 0. The molecular formula is C19H24N4O2. The van der Waals surface area contributed by atoms with Crippen LogP contribution in [-0.2, 0) is 0 Å². The number of carbonyl (C=O) groups excluding carboxylic acids is 1. The zero-order valence-electron chi connectivity index (χ0n) is 14.2. The van der Waals surface area contributed by atoms with E-state index in [-0.39, 0.29) is 5.41 Å². The van der Waals surface area contributed by atoms with Gasteiger partial charge >= 0.3 is 0 Å². The molecule has 4 bridgehead atoms. The van der Waals surface area contributed by atoms with Gasteiger partial charge in [-0.2, -0.15) is 0 Å². The Morgan fingerprint density at radius 2 is 2.12 bits per heavy atom.